The van der Waals surface area contributed by atoms with Crippen molar-refractivity contribution in [1.29, 1.82) is 0 Å². The SMILES string of the molecule is COc1cccc(OC)c1OCCC(N)C(=O)O. The number of benzene rings is 1. The van der Waals surface area contributed by atoms with Crippen LogP contribution in [0.2, 0.25) is 0 Å². The molecule has 0 spiro atoms. The molecule has 0 fully saturated rings. The minimum Gasteiger partial charge on any atom is -0.493 e. The molecule has 18 heavy (non-hydrogen) atoms. The molecule has 1 unspecified atom stereocenters. The van der Waals surface area contributed by atoms with E-state index in [9.17, 15) is 4.79 Å². The van der Waals surface area contributed by atoms with Crippen LogP contribution in [0.1, 0.15) is 6.42 Å². The van der Waals surface area contributed by atoms with E-state index in [1.807, 2.05) is 0 Å². The fourth-order valence-electron chi connectivity index (χ4n) is 1.37. The molecule has 1 aromatic carbocycles. The molecule has 0 radical (unpaired) electrons. The van der Waals surface area contributed by atoms with Gasteiger partial charge in [-0.2, -0.15) is 0 Å². The zero-order valence-electron chi connectivity index (χ0n) is 10.4. The van der Waals surface area contributed by atoms with Crippen LogP contribution in [0.4, 0.5) is 0 Å². The van der Waals surface area contributed by atoms with Crippen molar-refractivity contribution in [2.75, 3.05) is 20.8 Å². The summed E-state index contributed by atoms with van der Waals surface area (Å²) in [6.07, 6.45) is 0.205. The van der Waals surface area contributed by atoms with Gasteiger partial charge < -0.3 is 25.1 Å². The molecule has 6 heteroatoms. The molecule has 0 saturated carbocycles. The first kappa shape index (κ1) is 14.1. The van der Waals surface area contributed by atoms with Gasteiger partial charge in [0.2, 0.25) is 5.75 Å². The van der Waals surface area contributed by atoms with E-state index < -0.39 is 12.0 Å². The summed E-state index contributed by atoms with van der Waals surface area (Å²) in [6.45, 7) is 0.171. The highest BCUT2D eigenvalue weighted by Gasteiger charge is 2.14. The summed E-state index contributed by atoms with van der Waals surface area (Å²) in [5.74, 6) is 0.446. The number of hydrogen-bond donors (Lipinski definition) is 2. The second kappa shape index (κ2) is 6.70. The Morgan fingerprint density at radius 2 is 1.89 bits per heavy atom. The van der Waals surface area contributed by atoms with Crippen LogP contribution in [-0.2, 0) is 4.79 Å². The lowest BCUT2D eigenvalue weighted by molar-refractivity contribution is -0.138. The van der Waals surface area contributed by atoms with Crippen molar-refractivity contribution in [2.24, 2.45) is 5.73 Å². The van der Waals surface area contributed by atoms with E-state index in [-0.39, 0.29) is 13.0 Å². The first-order valence-corrected chi connectivity index (χ1v) is 5.42. The number of carbonyl (C=O) groups is 1. The van der Waals surface area contributed by atoms with E-state index in [1.165, 1.54) is 14.2 Å². The van der Waals surface area contributed by atoms with Crippen LogP contribution >= 0.6 is 0 Å². The molecule has 0 amide bonds. The van der Waals surface area contributed by atoms with E-state index in [2.05, 4.69) is 0 Å². The summed E-state index contributed by atoms with van der Waals surface area (Å²) in [7, 11) is 3.04. The Balaban J connectivity index is 2.68. The normalized spacial score (nSPS) is 11.7. The lowest BCUT2D eigenvalue weighted by atomic mass is 10.2. The Bertz CT molecular complexity index is 385. The minimum absolute atomic E-state index is 0.171. The number of carboxylic acid groups (broad SMARTS) is 1. The monoisotopic (exact) mass is 255 g/mol. The van der Waals surface area contributed by atoms with Crippen molar-refractivity contribution in [2.45, 2.75) is 12.5 Å². The average molecular weight is 255 g/mol. The third kappa shape index (κ3) is 3.53. The van der Waals surface area contributed by atoms with E-state index in [0.29, 0.717) is 17.2 Å². The number of aliphatic carboxylic acids is 1. The Morgan fingerprint density at radius 3 is 2.33 bits per heavy atom. The first-order chi connectivity index (χ1) is 8.60. The maximum absolute atomic E-state index is 10.6. The molecule has 0 heterocycles. The van der Waals surface area contributed by atoms with Crippen LogP contribution < -0.4 is 19.9 Å². The summed E-state index contributed by atoms with van der Waals surface area (Å²) in [4.78, 5) is 10.6. The summed E-state index contributed by atoms with van der Waals surface area (Å²) >= 11 is 0. The highest BCUT2D eigenvalue weighted by atomic mass is 16.5. The van der Waals surface area contributed by atoms with Gasteiger partial charge in [-0.05, 0) is 12.1 Å². The van der Waals surface area contributed by atoms with Gasteiger partial charge in [0, 0.05) is 6.42 Å². The fourth-order valence-corrected chi connectivity index (χ4v) is 1.37. The third-order valence-electron chi connectivity index (χ3n) is 2.38. The van der Waals surface area contributed by atoms with Crippen molar-refractivity contribution in [3.63, 3.8) is 0 Å². The van der Waals surface area contributed by atoms with E-state index >= 15 is 0 Å². The van der Waals surface area contributed by atoms with Gasteiger partial charge in [0.1, 0.15) is 6.04 Å². The molecule has 3 N–H and O–H groups in total. The summed E-state index contributed by atoms with van der Waals surface area (Å²) in [5, 5.41) is 8.65. The van der Waals surface area contributed by atoms with Crippen molar-refractivity contribution >= 4 is 5.97 Å². The largest absolute Gasteiger partial charge is 0.493 e. The number of methoxy groups -OCH3 is 2. The van der Waals surface area contributed by atoms with Gasteiger partial charge in [-0.1, -0.05) is 6.07 Å². The number of carboxylic acids is 1. The van der Waals surface area contributed by atoms with Crippen molar-refractivity contribution < 1.29 is 24.1 Å². The van der Waals surface area contributed by atoms with Gasteiger partial charge in [0.25, 0.3) is 0 Å². The fraction of sp³-hybridized carbons (Fsp3) is 0.417. The van der Waals surface area contributed by atoms with Crippen LogP contribution in [0.25, 0.3) is 0 Å². The number of nitrogens with two attached hydrogens (primary N) is 1. The van der Waals surface area contributed by atoms with E-state index in [4.69, 9.17) is 25.1 Å². The van der Waals surface area contributed by atoms with E-state index in [1.54, 1.807) is 18.2 Å². The molecule has 1 rings (SSSR count). The quantitative estimate of drug-likeness (QED) is 0.751. The molecular weight excluding hydrogens is 238 g/mol. The molecule has 0 bridgehead atoms. The average Bonchev–Trinajstić information content (AvgIpc) is 2.38. The number of rotatable bonds is 7. The van der Waals surface area contributed by atoms with Crippen LogP contribution in [0.5, 0.6) is 17.2 Å². The lowest BCUT2D eigenvalue weighted by Crippen LogP contribution is -2.31. The van der Waals surface area contributed by atoms with Crippen LogP contribution in [0.15, 0.2) is 18.2 Å². The molecule has 100 valence electrons. The molecule has 0 aromatic heterocycles. The highest BCUT2D eigenvalue weighted by molar-refractivity contribution is 5.73. The maximum atomic E-state index is 10.6. The standard InChI is InChI=1S/C12H17NO5/c1-16-9-4-3-5-10(17-2)11(9)18-7-6-8(13)12(14)15/h3-5,8H,6-7,13H2,1-2H3,(H,14,15). The van der Waals surface area contributed by atoms with Crippen molar-refractivity contribution in [1.82, 2.24) is 0 Å². The smallest absolute Gasteiger partial charge is 0.320 e. The molecule has 0 aliphatic rings. The lowest BCUT2D eigenvalue weighted by Gasteiger charge is -2.14. The number of para-hydroxylation sites is 1. The van der Waals surface area contributed by atoms with Crippen LogP contribution in [-0.4, -0.2) is 37.9 Å². The summed E-state index contributed by atoms with van der Waals surface area (Å²) < 4.78 is 15.8. The molecule has 0 aliphatic heterocycles. The van der Waals surface area contributed by atoms with Gasteiger partial charge in [-0.25, -0.2) is 0 Å². The van der Waals surface area contributed by atoms with E-state index in [0.717, 1.165) is 0 Å². The first-order valence-electron chi connectivity index (χ1n) is 5.42. The highest BCUT2D eigenvalue weighted by Crippen LogP contribution is 2.36. The second-order valence-corrected chi connectivity index (χ2v) is 3.57. The Labute approximate surface area is 105 Å². The predicted octanol–water partition coefficient (Wildman–Crippen LogP) is 0.885. The summed E-state index contributed by atoms with van der Waals surface area (Å²) in [6, 6.07) is 4.29. The zero-order valence-corrected chi connectivity index (χ0v) is 10.4. The van der Waals surface area contributed by atoms with Crippen molar-refractivity contribution in [3.8, 4) is 17.2 Å². The zero-order chi connectivity index (χ0) is 13.5. The van der Waals surface area contributed by atoms with Gasteiger partial charge in [0.15, 0.2) is 11.5 Å². The topological polar surface area (TPSA) is 91.0 Å². The molecule has 1 aromatic rings. The molecule has 0 aliphatic carbocycles. The van der Waals surface area contributed by atoms with Crippen LogP contribution in [0.3, 0.4) is 0 Å². The molecule has 1 atom stereocenters. The van der Waals surface area contributed by atoms with Crippen molar-refractivity contribution in [3.05, 3.63) is 18.2 Å². The third-order valence-corrected chi connectivity index (χ3v) is 2.38. The second-order valence-electron chi connectivity index (χ2n) is 3.57. The van der Waals surface area contributed by atoms with Gasteiger partial charge >= 0.3 is 5.97 Å². The maximum Gasteiger partial charge on any atom is 0.320 e. The van der Waals surface area contributed by atoms with Gasteiger partial charge in [-0.3, -0.25) is 4.79 Å². The molecular formula is C12H17NO5. The van der Waals surface area contributed by atoms with Crippen LogP contribution in [0, 0.1) is 0 Å². The minimum atomic E-state index is -1.05. The summed E-state index contributed by atoms with van der Waals surface area (Å²) in [5.41, 5.74) is 5.38. The van der Waals surface area contributed by atoms with Gasteiger partial charge in [-0.15, -0.1) is 0 Å². The predicted molar refractivity (Wildman–Crippen MR) is 65.3 cm³/mol. The molecule has 6 nitrogen and oxygen atoms in total. The molecule has 0 saturated heterocycles. The Morgan fingerprint density at radius 1 is 1.33 bits per heavy atom. The number of hydrogen-bond acceptors (Lipinski definition) is 5. The Kier molecular flexibility index (Phi) is 5.26. The van der Waals surface area contributed by atoms with Gasteiger partial charge in [0.05, 0.1) is 20.8 Å². The Hall–Kier alpha value is -1.95. The number of ether oxygens (including phenoxy) is 3.